The van der Waals surface area contributed by atoms with Crippen molar-refractivity contribution < 1.29 is 23.1 Å². The molecule has 18 heavy (non-hydrogen) atoms. The number of halogens is 3. The SMILES string of the molecule is Cn1ncc(N)c1C(=O)N(CCO)CC(F)(F)F. The molecule has 0 aromatic carbocycles. The summed E-state index contributed by atoms with van der Waals surface area (Å²) in [7, 11) is 1.40. The van der Waals surface area contributed by atoms with Crippen LogP contribution in [0.1, 0.15) is 10.5 Å². The molecule has 3 N–H and O–H groups in total. The van der Waals surface area contributed by atoms with Gasteiger partial charge in [0.25, 0.3) is 5.91 Å². The van der Waals surface area contributed by atoms with Gasteiger partial charge in [-0.05, 0) is 0 Å². The Morgan fingerprint density at radius 3 is 2.61 bits per heavy atom. The molecule has 1 aromatic heterocycles. The smallest absolute Gasteiger partial charge is 0.396 e. The largest absolute Gasteiger partial charge is 0.406 e. The van der Waals surface area contributed by atoms with Gasteiger partial charge >= 0.3 is 6.18 Å². The Kier molecular flexibility index (Phi) is 4.17. The number of carbonyl (C=O) groups excluding carboxylic acids is 1. The Labute approximate surface area is 101 Å². The van der Waals surface area contributed by atoms with Gasteiger partial charge in [-0.3, -0.25) is 9.48 Å². The molecule has 0 spiro atoms. The van der Waals surface area contributed by atoms with Crippen LogP contribution >= 0.6 is 0 Å². The second kappa shape index (κ2) is 5.25. The lowest BCUT2D eigenvalue weighted by atomic mass is 10.3. The van der Waals surface area contributed by atoms with Crippen molar-refractivity contribution in [1.29, 1.82) is 0 Å². The minimum absolute atomic E-state index is 0.00684. The average molecular weight is 266 g/mol. The first-order chi connectivity index (χ1) is 8.26. The maximum Gasteiger partial charge on any atom is 0.406 e. The van der Waals surface area contributed by atoms with E-state index in [2.05, 4.69) is 5.10 Å². The maximum absolute atomic E-state index is 12.3. The molecule has 6 nitrogen and oxygen atoms in total. The number of amides is 1. The number of nitrogens with zero attached hydrogens (tertiary/aromatic N) is 3. The third-order valence-corrected chi connectivity index (χ3v) is 2.20. The molecule has 1 aromatic rings. The van der Waals surface area contributed by atoms with Gasteiger partial charge in [0.1, 0.15) is 12.2 Å². The molecule has 0 aliphatic carbocycles. The van der Waals surface area contributed by atoms with Crippen LogP contribution in [-0.4, -0.2) is 51.6 Å². The zero-order chi connectivity index (χ0) is 13.9. The van der Waals surface area contributed by atoms with Crippen molar-refractivity contribution in [1.82, 2.24) is 14.7 Å². The molecule has 0 atom stereocenters. The Morgan fingerprint density at radius 2 is 2.22 bits per heavy atom. The number of hydrogen-bond donors (Lipinski definition) is 2. The van der Waals surface area contributed by atoms with Crippen LogP contribution in [0, 0.1) is 0 Å². The minimum atomic E-state index is -4.54. The zero-order valence-electron chi connectivity index (χ0n) is 9.61. The standard InChI is InChI=1S/C9H13F3N4O2/c1-15-7(6(13)4-14-15)8(18)16(2-3-17)5-9(10,11)12/h4,17H,2-3,5,13H2,1H3. The van der Waals surface area contributed by atoms with Crippen molar-refractivity contribution in [2.45, 2.75) is 6.18 Å². The van der Waals surface area contributed by atoms with Crippen molar-refractivity contribution in [3.63, 3.8) is 0 Å². The van der Waals surface area contributed by atoms with Gasteiger partial charge in [-0.15, -0.1) is 0 Å². The monoisotopic (exact) mass is 266 g/mol. The van der Waals surface area contributed by atoms with E-state index in [1.165, 1.54) is 13.2 Å². The van der Waals surface area contributed by atoms with Crippen LogP contribution in [0.5, 0.6) is 0 Å². The Bertz CT molecular complexity index is 410. The van der Waals surface area contributed by atoms with Gasteiger partial charge in [-0.1, -0.05) is 0 Å². The van der Waals surface area contributed by atoms with Gasteiger partial charge in [0.15, 0.2) is 0 Å². The molecule has 1 rings (SSSR count). The summed E-state index contributed by atoms with van der Waals surface area (Å²) in [5.41, 5.74) is 5.33. The second-order valence-electron chi connectivity index (χ2n) is 3.64. The first-order valence-corrected chi connectivity index (χ1v) is 5.00. The fourth-order valence-electron chi connectivity index (χ4n) is 1.46. The number of aliphatic hydroxyl groups is 1. The van der Waals surface area contributed by atoms with Crippen molar-refractivity contribution in [3.05, 3.63) is 11.9 Å². The summed E-state index contributed by atoms with van der Waals surface area (Å²) < 4.78 is 38.0. The first kappa shape index (κ1) is 14.3. The summed E-state index contributed by atoms with van der Waals surface area (Å²) in [5, 5.41) is 12.4. The molecule has 1 heterocycles. The number of nitrogen functional groups attached to an aromatic ring is 1. The molecule has 0 fully saturated rings. The van der Waals surface area contributed by atoms with E-state index >= 15 is 0 Å². The molecule has 0 saturated carbocycles. The summed E-state index contributed by atoms with van der Waals surface area (Å²) in [4.78, 5) is 12.4. The lowest BCUT2D eigenvalue weighted by molar-refractivity contribution is -0.141. The highest BCUT2D eigenvalue weighted by atomic mass is 19.4. The summed E-state index contributed by atoms with van der Waals surface area (Å²) in [6.07, 6.45) is -3.36. The minimum Gasteiger partial charge on any atom is -0.396 e. The first-order valence-electron chi connectivity index (χ1n) is 5.00. The molecule has 0 bridgehead atoms. The van der Waals surface area contributed by atoms with E-state index in [1.54, 1.807) is 0 Å². The van der Waals surface area contributed by atoms with Gasteiger partial charge in [0.05, 0.1) is 18.5 Å². The highest BCUT2D eigenvalue weighted by Gasteiger charge is 2.34. The molecule has 0 aliphatic heterocycles. The molecule has 0 saturated heterocycles. The summed E-state index contributed by atoms with van der Waals surface area (Å²) in [6.45, 7) is -2.44. The van der Waals surface area contributed by atoms with Gasteiger partial charge in [0, 0.05) is 13.6 Å². The quantitative estimate of drug-likeness (QED) is 0.803. The van der Waals surface area contributed by atoms with Crippen LogP contribution in [0.2, 0.25) is 0 Å². The zero-order valence-corrected chi connectivity index (χ0v) is 9.61. The fraction of sp³-hybridized carbons (Fsp3) is 0.556. The number of hydrogen-bond acceptors (Lipinski definition) is 4. The molecular formula is C9H13F3N4O2. The molecule has 102 valence electrons. The molecule has 0 radical (unpaired) electrons. The van der Waals surface area contributed by atoms with Crippen LogP contribution in [0.4, 0.5) is 18.9 Å². The number of alkyl halides is 3. The number of aromatic nitrogens is 2. The number of anilines is 1. The lowest BCUT2D eigenvalue weighted by Gasteiger charge is -2.23. The topological polar surface area (TPSA) is 84.4 Å². The van der Waals surface area contributed by atoms with E-state index in [9.17, 15) is 18.0 Å². The second-order valence-corrected chi connectivity index (χ2v) is 3.64. The fourth-order valence-corrected chi connectivity index (χ4v) is 1.46. The number of rotatable bonds is 4. The van der Waals surface area contributed by atoms with E-state index in [4.69, 9.17) is 10.8 Å². The number of nitrogens with two attached hydrogens (primary N) is 1. The predicted octanol–water partition coefficient (Wildman–Crippen LogP) is -0.000900. The summed E-state index contributed by atoms with van der Waals surface area (Å²) in [6, 6.07) is 0. The molecule has 0 aliphatic rings. The average Bonchev–Trinajstić information content (AvgIpc) is 2.55. The van der Waals surface area contributed by atoms with Crippen LogP contribution in [0.15, 0.2) is 6.20 Å². The van der Waals surface area contributed by atoms with Gasteiger partial charge in [-0.25, -0.2) is 0 Å². The molecule has 9 heteroatoms. The summed E-state index contributed by atoms with van der Waals surface area (Å²) in [5.74, 6) is -0.918. The van der Waals surface area contributed by atoms with Gasteiger partial charge < -0.3 is 15.7 Å². The van der Waals surface area contributed by atoms with E-state index < -0.39 is 31.8 Å². The van der Waals surface area contributed by atoms with Crippen molar-refractivity contribution in [3.8, 4) is 0 Å². The van der Waals surface area contributed by atoms with Crippen LogP contribution in [-0.2, 0) is 7.05 Å². The Hall–Kier alpha value is -1.77. The van der Waals surface area contributed by atoms with E-state index in [0.717, 1.165) is 4.68 Å². The van der Waals surface area contributed by atoms with Crippen molar-refractivity contribution in [2.24, 2.45) is 7.05 Å². The molecular weight excluding hydrogens is 253 g/mol. The third-order valence-electron chi connectivity index (χ3n) is 2.20. The highest BCUT2D eigenvalue weighted by molar-refractivity contribution is 5.97. The van der Waals surface area contributed by atoms with Crippen molar-refractivity contribution in [2.75, 3.05) is 25.4 Å². The van der Waals surface area contributed by atoms with Crippen LogP contribution in [0.3, 0.4) is 0 Å². The van der Waals surface area contributed by atoms with E-state index in [0.29, 0.717) is 4.90 Å². The number of aliphatic hydroxyl groups excluding tert-OH is 1. The van der Waals surface area contributed by atoms with Crippen LogP contribution < -0.4 is 5.73 Å². The molecule has 1 amide bonds. The number of aryl methyl sites for hydroxylation is 1. The van der Waals surface area contributed by atoms with E-state index in [-0.39, 0.29) is 11.4 Å². The maximum atomic E-state index is 12.3. The van der Waals surface area contributed by atoms with Gasteiger partial charge in [-0.2, -0.15) is 18.3 Å². The predicted molar refractivity (Wildman–Crippen MR) is 56.7 cm³/mol. The lowest BCUT2D eigenvalue weighted by Crippen LogP contribution is -2.41. The number of carbonyl (C=O) groups is 1. The molecule has 0 unspecified atom stereocenters. The Balaban J connectivity index is 2.96. The van der Waals surface area contributed by atoms with Gasteiger partial charge in [0.2, 0.25) is 0 Å². The normalized spacial score (nSPS) is 11.6. The van der Waals surface area contributed by atoms with Crippen molar-refractivity contribution >= 4 is 11.6 Å². The third kappa shape index (κ3) is 3.36. The highest BCUT2D eigenvalue weighted by Crippen LogP contribution is 2.19. The van der Waals surface area contributed by atoms with Crippen LogP contribution in [0.25, 0.3) is 0 Å². The van der Waals surface area contributed by atoms with E-state index in [1.807, 2.05) is 0 Å². The Morgan fingerprint density at radius 1 is 1.61 bits per heavy atom. The summed E-state index contributed by atoms with van der Waals surface area (Å²) >= 11 is 0.